The molecule has 34 heavy (non-hydrogen) atoms. The first-order chi connectivity index (χ1) is 15.5. The van der Waals surface area contributed by atoms with Gasteiger partial charge < -0.3 is 40.5 Å². The van der Waals surface area contributed by atoms with Crippen molar-refractivity contribution < 1.29 is 60.6 Å². The van der Waals surface area contributed by atoms with Crippen LogP contribution in [0, 0.1) is 0 Å². The molecule has 2 aliphatic heterocycles. The van der Waals surface area contributed by atoms with E-state index in [1.54, 1.807) is 6.92 Å². The average molecular weight is 551 g/mol. The topological polar surface area (TPSA) is 258 Å². The number of nitrogens with zero attached hydrogens (tertiary/aromatic N) is 3. The van der Waals surface area contributed by atoms with Crippen molar-refractivity contribution in [3.8, 4) is 0 Å². The Kier molecular flexibility index (Phi) is 7.42. The summed E-state index contributed by atoms with van der Waals surface area (Å²) in [5.74, 6) is 0.603. The summed E-state index contributed by atoms with van der Waals surface area (Å²) in [6, 6.07) is 0. The maximum absolute atomic E-state index is 15.1. The lowest BCUT2D eigenvalue weighted by Gasteiger charge is -2.29. The Labute approximate surface area is 190 Å². The predicted molar refractivity (Wildman–Crippen MR) is 110 cm³/mol. The average Bonchev–Trinajstić information content (AvgIpc) is 3.18. The molecule has 3 heterocycles. The number of imidazole rings is 1. The molecular weight excluding hydrogens is 530 g/mol. The highest BCUT2D eigenvalue weighted by Crippen LogP contribution is 2.66. The van der Waals surface area contributed by atoms with Gasteiger partial charge in [0.2, 0.25) is 0 Å². The van der Waals surface area contributed by atoms with Crippen molar-refractivity contribution in [2.45, 2.75) is 37.2 Å². The Hall–Kier alpha value is -1.36. The highest BCUT2D eigenvalue weighted by Gasteiger charge is 2.56. The largest absolute Gasteiger partial charge is 0.490 e. The quantitative estimate of drug-likeness (QED) is 0.159. The number of aliphatic imine (C=N–C) groups is 1. The third-order valence-electron chi connectivity index (χ3n) is 4.64. The van der Waals surface area contributed by atoms with Crippen LogP contribution in [0.5, 0.6) is 0 Å². The van der Waals surface area contributed by atoms with Crippen LogP contribution < -0.4 is 11.1 Å². The third kappa shape index (κ3) is 5.71. The van der Waals surface area contributed by atoms with Crippen LogP contribution in [0.15, 0.2) is 24.0 Å². The van der Waals surface area contributed by atoms with Crippen LogP contribution in [-0.4, -0.2) is 64.6 Å². The molecule has 192 valence electrons. The lowest BCUT2D eigenvalue weighted by molar-refractivity contribution is -0.0947. The van der Waals surface area contributed by atoms with E-state index in [-0.39, 0.29) is 11.5 Å². The number of aromatic nitrogens is 2. The van der Waals surface area contributed by atoms with Crippen LogP contribution in [-0.2, 0) is 31.6 Å². The molecular formula is C13H21FN5O12P3. The highest BCUT2D eigenvalue weighted by atomic mass is 31.3. The number of aliphatic hydroxyl groups excluding tert-OH is 1. The standard InChI is InChI=1S/C13H21FN5O12P3/c1-3-13(4-28-33(24,25)31-34(26,27)30-32(21,22)23)9(20)7(14)12(29-13)19-5-16-8-10(15)17-6(2)18-11(8)19/h3,5,7,9-10,12,20H,1,4,15H2,2H3,(H,17,18)(H,24,25)(H,26,27)(H2,21,22,23)/t7-,9+,10?,12-,13-/m1/s1. The number of amidine groups is 1. The van der Waals surface area contributed by atoms with Gasteiger partial charge in [-0.1, -0.05) is 6.08 Å². The number of nitrogens with one attached hydrogen (secondary N) is 1. The van der Waals surface area contributed by atoms with Gasteiger partial charge in [-0.3, -0.25) is 9.09 Å². The number of halogens is 1. The Morgan fingerprint density at radius 2 is 1.97 bits per heavy atom. The fourth-order valence-corrected chi connectivity index (χ4v) is 6.27. The van der Waals surface area contributed by atoms with E-state index in [2.05, 4.69) is 35.0 Å². The summed E-state index contributed by atoms with van der Waals surface area (Å²) in [6.07, 6.45) is -4.59. The number of ether oxygens (including phenoxy) is 1. The molecule has 3 rings (SSSR count). The molecule has 1 aromatic rings. The third-order valence-corrected chi connectivity index (χ3v) is 8.42. The molecule has 8 N–H and O–H groups in total. The number of nitrogens with two attached hydrogens (primary N) is 1. The number of hydrogen-bond acceptors (Lipinski definition) is 12. The normalized spacial score (nSPS) is 32.8. The Morgan fingerprint density at radius 1 is 1.32 bits per heavy atom. The van der Waals surface area contributed by atoms with E-state index < -0.39 is 60.3 Å². The number of phosphoric acid groups is 3. The summed E-state index contributed by atoms with van der Waals surface area (Å²) in [7, 11) is -16.9. The number of hydrogen-bond donors (Lipinski definition) is 7. The number of alkyl halides is 1. The van der Waals surface area contributed by atoms with Gasteiger partial charge in [0, 0.05) is 0 Å². The van der Waals surface area contributed by atoms with E-state index in [4.69, 9.17) is 20.3 Å². The number of fused-ring (bicyclic) bond motifs is 1. The van der Waals surface area contributed by atoms with Crippen molar-refractivity contribution in [1.29, 1.82) is 0 Å². The van der Waals surface area contributed by atoms with E-state index in [0.717, 1.165) is 17.0 Å². The molecule has 0 radical (unpaired) electrons. The molecule has 2 aliphatic rings. The molecule has 17 nitrogen and oxygen atoms in total. The second-order valence-corrected chi connectivity index (χ2v) is 11.5. The number of phosphoric ester groups is 1. The van der Waals surface area contributed by atoms with Gasteiger partial charge in [-0.2, -0.15) is 8.62 Å². The minimum absolute atomic E-state index is 0.215. The van der Waals surface area contributed by atoms with Crippen LogP contribution in [0.3, 0.4) is 0 Å². The zero-order valence-electron chi connectivity index (χ0n) is 17.1. The number of aliphatic hydroxyl groups is 1. The van der Waals surface area contributed by atoms with Gasteiger partial charge in [0.05, 0.1) is 12.9 Å². The van der Waals surface area contributed by atoms with Crippen molar-refractivity contribution in [3.63, 3.8) is 0 Å². The minimum Gasteiger partial charge on any atom is -0.386 e. The highest BCUT2D eigenvalue weighted by molar-refractivity contribution is 7.66. The monoisotopic (exact) mass is 551 g/mol. The summed E-state index contributed by atoms with van der Waals surface area (Å²) in [4.78, 5) is 44.1. The fraction of sp³-hybridized carbons (Fsp3) is 0.538. The van der Waals surface area contributed by atoms with Crippen LogP contribution in [0.2, 0.25) is 0 Å². The maximum Gasteiger partial charge on any atom is 0.490 e. The van der Waals surface area contributed by atoms with Crippen molar-refractivity contribution >= 4 is 35.1 Å². The van der Waals surface area contributed by atoms with Crippen LogP contribution in [0.4, 0.5) is 10.2 Å². The van der Waals surface area contributed by atoms with Gasteiger partial charge in [-0.25, -0.2) is 28.1 Å². The lowest BCUT2D eigenvalue weighted by atomic mass is 9.97. The van der Waals surface area contributed by atoms with Gasteiger partial charge in [0.25, 0.3) is 0 Å². The molecule has 1 fully saturated rings. The summed E-state index contributed by atoms with van der Waals surface area (Å²) >= 11 is 0. The van der Waals surface area contributed by atoms with Crippen molar-refractivity contribution in [2.75, 3.05) is 11.9 Å². The molecule has 21 heteroatoms. The van der Waals surface area contributed by atoms with Crippen molar-refractivity contribution in [1.82, 2.24) is 9.55 Å². The van der Waals surface area contributed by atoms with Gasteiger partial charge >= 0.3 is 23.5 Å². The summed E-state index contributed by atoms with van der Waals surface area (Å²) in [6.45, 7) is 3.84. The van der Waals surface area contributed by atoms with Crippen molar-refractivity contribution in [2.24, 2.45) is 10.7 Å². The molecule has 3 unspecified atom stereocenters. The molecule has 0 bridgehead atoms. The molecule has 0 saturated carbocycles. The summed E-state index contributed by atoms with van der Waals surface area (Å²) < 4.78 is 67.7. The SMILES string of the molecule is C=C[C@]1(COP(=O)(O)OP(=O)(O)OP(=O)(O)O)O[C@@H](n2cnc3c2NC(C)=NC3N)[C@H](F)[C@@H]1O. The first-order valence-electron chi connectivity index (χ1n) is 9.05. The first-order valence-corrected chi connectivity index (χ1v) is 13.6. The second kappa shape index (κ2) is 9.26. The maximum atomic E-state index is 15.1. The lowest BCUT2D eigenvalue weighted by Crippen LogP contribution is -2.44. The molecule has 0 aliphatic carbocycles. The molecule has 7 atom stereocenters. The van der Waals surface area contributed by atoms with E-state index in [1.165, 1.54) is 0 Å². The summed E-state index contributed by atoms with van der Waals surface area (Å²) in [5, 5.41) is 13.3. The van der Waals surface area contributed by atoms with E-state index in [9.17, 15) is 28.6 Å². The van der Waals surface area contributed by atoms with E-state index in [1.807, 2.05) is 0 Å². The predicted octanol–water partition coefficient (Wildman–Crippen LogP) is 0.180. The molecule has 0 spiro atoms. The van der Waals surface area contributed by atoms with Crippen LogP contribution >= 0.6 is 23.5 Å². The minimum atomic E-state index is -5.78. The van der Waals surface area contributed by atoms with Gasteiger partial charge in [-0.15, -0.1) is 6.58 Å². The number of anilines is 1. The van der Waals surface area contributed by atoms with Gasteiger partial charge in [0.1, 0.15) is 35.2 Å². The Balaban J connectivity index is 1.79. The van der Waals surface area contributed by atoms with Crippen LogP contribution in [0.25, 0.3) is 0 Å². The number of rotatable bonds is 9. The van der Waals surface area contributed by atoms with Crippen molar-refractivity contribution in [3.05, 3.63) is 24.7 Å². The summed E-state index contributed by atoms with van der Waals surface area (Å²) in [5.41, 5.74) is 3.94. The smallest absolute Gasteiger partial charge is 0.386 e. The van der Waals surface area contributed by atoms with Gasteiger partial charge in [0.15, 0.2) is 12.4 Å². The first kappa shape index (κ1) is 27.2. The van der Waals surface area contributed by atoms with E-state index in [0.29, 0.717) is 5.84 Å². The molecule has 0 amide bonds. The van der Waals surface area contributed by atoms with E-state index >= 15 is 4.39 Å². The second-order valence-electron chi connectivity index (χ2n) is 7.09. The Morgan fingerprint density at radius 3 is 2.56 bits per heavy atom. The molecule has 1 saturated heterocycles. The zero-order chi connectivity index (χ0) is 25.7. The Bertz CT molecular complexity index is 1140. The van der Waals surface area contributed by atoms with Crippen LogP contribution in [0.1, 0.15) is 25.0 Å². The molecule has 1 aromatic heterocycles. The zero-order valence-corrected chi connectivity index (χ0v) is 19.8. The van der Waals surface area contributed by atoms with Gasteiger partial charge in [-0.05, 0) is 6.92 Å². The fourth-order valence-electron chi connectivity index (χ4n) is 3.22. The molecule has 0 aromatic carbocycles.